The summed E-state index contributed by atoms with van der Waals surface area (Å²) in [6.45, 7) is 1.93. The number of carboxylic acids is 1. The van der Waals surface area contributed by atoms with Crippen molar-refractivity contribution >= 4 is 16.9 Å². The number of carbonyl (C=O) groups is 1. The molecule has 0 fully saturated rings. The lowest BCUT2D eigenvalue weighted by atomic mass is 9.92. The van der Waals surface area contributed by atoms with E-state index >= 15 is 0 Å². The zero-order valence-corrected chi connectivity index (χ0v) is 11.7. The second kappa shape index (κ2) is 4.94. The number of hydrogen-bond donors (Lipinski definition) is 2. The van der Waals surface area contributed by atoms with E-state index in [9.17, 15) is 9.90 Å². The highest BCUT2D eigenvalue weighted by Crippen LogP contribution is 2.35. The summed E-state index contributed by atoms with van der Waals surface area (Å²) in [6.07, 6.45) is 3.24. The van der Waals surface area contributed by atoms with Gasteiger partial charge in [0.05, 0.1) is 0 Å². The molecule has 106 valence electrons. The first-order valence-corrected chi connectivity index (χ1v) is 7.22. The van der Waals surface area contributed by atoms with Crippen molar-refractivity contribution in [3.8, 4) is 0 Å². The quantitative estimate of drug-likeness (QED) is 0.902. The molecule has 1 aromatic carbocycles. The van der Waals surface area contributed by atoms with Gasteiger partial charge in [-0.1, -0.05) is 25.1 Å². The van der Waals surface area contributed by atoms with E-state index in [1.807, 2.05) is 29.7 Å². The molecule has 4 heteroatoms. The minimum absolute atomic E-state index is 0.187. The Labute approximate surface area is 118 Å². The van der Waals surface area contributed by atoms with Gasteiger partial charge in [0.25, 0.3) is 0 Å². The topological polar surface area (TPSA) is 68.2 Å². The Bertz CT molecular complexity index is 660. The summed E-state index contributed by atoms with van der Waals surface area (Å²) in [4.78, 5) is 11.6. The fourth-order valence-electron chi connectivity index (χ4n) is 3.39. The van der Waals surface area contributed by atoms with Gasteiger partial charge in [-0.2, -0.15) is 0 Å². The van der Waals surface area contributed by atoms with Crippen LogP contribution in [-0.4, -0.2) is 21.7 Å². The molecule has 0 aliphatic heterocycles. The van der Waals surface area contributed by atoms with Gasteiger partial charge in [0.2, 0.25) is 0 Å². The van der Waals surface area contributed by atoms with Crippen LogP contribution in [0.25, 0.3) is 10.9 Å². The average molecular weight is 272 g/mol. The number of para-hydroxylation sites is 1. The van der Waals surface area contributed by atoms with E-state index in [0.717, 1.165) is 30.2 Å². The van der Waals surface area contributed by atoms with Crippen LogP contribution in [0, 0.1) is 0 Å². The van der Waals surface area contributed by atoms with E-state index in [1.54, 1.807) is 0 Å². The van der Waals surface area contributed by atoms with Crippen LogP contribution in [0.5, 0.6) is 0 Å². The molecule has 3 N–H and O–H groups in total. The van der Waals surface area contributed by atoms with Gasteiger partial charge in [-0.15, -0.1) is 0 Å². The first kappa shape index (κ1) is 13.2. The fourth-order valence-corrected chi connectivity index (χ4v) is 3.39. The zero-order chi connectivity index (χ0) is 14.3. The molecule has 0 saturated heterocycles. The minimum Gasteiger partial charge on any atom is -0.480 e. The number of aromatic nitrogens is 1. The van der Waals surface area contributed by atoms with Gasteiger partial charge in [0, 0.05) is 22.6 Å². The van der Waals surface area contributed by atoms with E-state index in [2.05, 4.69) is 6.07 Å². The molecular formula is C16H20N2O2. The number of fused-ring (bicyclic) bond motifs is 3. The number of nitrogens with zero attached hydrogens (tertiary/aromatic N) is 1. The molecule has 0 bridgehead atoms. The predicted molar refractivity (Wildman–Crippen MR) is 78.9 cm³/mol. The highest BCUT2D eigenvalue weighted by atomic mass is 16.4. The van der Waals surface area contributed by atoms with Gasteiger partial charge < -0.3 is 15.4 Å². The maximum absolute atomic E-state index is 11.6. The lowest BCUT2D eigenvalue weighted by molar-refractivity contribution is -0.140. The molecule has 1 heterocycles. The Morgan fingerprint density at radius 1 is 1.50 bits per heavy atom. The summed E-state index contributed by atoms with van der Waals surface area (Å²) < 4.78 is 2.03. The van der Waals surface area contributed by atoms with Crippen molar-refractivity contribution in [2.24, 2.45) is 5.73 Å². The molecule has 2 atom stereocenters. The van der Waals surface area contributed by atoms with Crippen LogP contribution in [0.4, 0.5) is 0 Å². The molecule has 3 rings (SSSR count). The predicted octanol–water partition coefficient (Wildman–Crippen LogP) is 2.49. The summed E-state index contributed by atoms with van der Waals surface area (Å²) in [7, 11) is 0. The van der Waals surface area contributed by atoms with Crippen molar-refractivity contribution in [1.29, 1.82) is 0 Å². The van der Waals surface area contributed by atoms with Crippen LogP contribution in [0.3, 0.4) is 0 Å². The Balaban J connectivity index is 2.28. The molecule has 20 heavy (non-hydrogen) atoms. The number of aliphatic carboxylic acids is 1. The van der Waals surface area contributed by atoms with E-state index in [1.165, 1.54) is 11.3 Å². The summed E-state index contributed by atoms with van der Waals surface area (Å²) in [5, 5.41) is 10.7. The maximum Gasteiger partial charge on any atom is 0.326 e. The van der Waals surface area contributed by atoms with E-state index < -0.39 is 12.0 Å². The molecule has 2 unspecified atom stereocenters. The van der Waals surface area contributed by atoms with Crippen LogP contribution in [-0.2, 0) is 17.6 Å². The molecule has 0 amide bonds. The number of hydrogen-bond acceptors (Lipinski definition) is 2. The Hall–Kier alpha value is -1.81. The second-order valence-corrected chi connectivity index (χ2v) is 5.58. The fraction of sp³-hybridized carbons (Fsp3) is 0.438. The molecule has 1 aliphatic rings. The molecular weight excluding hydrogens is 252 g/mol. The van der Waals surface area contributed by atoms with Crippen LogP contribution in [0.2, 0.25) is 0 Å². The van der Waals surface area contributed by atoms with Crippen molar-refractivity contribution < 1.29 is 9.90 Å². The summed E-state index contributed by atoms with van der Waals surface area (Å²) in [5.74, 6) is -0.758. The third-order valence-corrected chi connectivity index (χ3v) is 4.33. The van der Waals surface area contributed by atoms with Gasteiger partial charge >= 0.3 is 5.97 Å². The largest absolute Gasteiger partial charge is 0.480 e. The lowest BCUT2D eigenvalue weighted by Crippen LogP contribution is -2.29. The Morgan fingerprint density at radius 2 is 2.25 bits per heavy atom. The van der Waals surface area contributed by atoms with Crippen LogP contribution in [0.1, 0.15) is 37.1 Å². The van der Waals surface area contributed by atoms with E-state index in [4.69, 9.17) is 5.73 Å². The molecule has 0 radical (unpaired) electrons. The van der Waals surface area contributed by atoms with Crippen molar-refractivity contribution in [3.05, 3.63) is 35.5 Å². The van der Waals surface area contributed by atoms with E-state index in [-0.39, 0.29) is 6.04 Å². The smallest absolute Gasteiger partial charge is 0.326 e. The standard InChI is InChI=1S/C16H20N2O2/c1-2-13(16(19)20)18-14-6-4-3-5-11(14)12-9-10(17)7-8-15(12)18/h3-6,10,13H,2,7-9,17H2,1H3,(H,19,20). The average Bonchev–Trinajstić information content (AvgIpc) is 2.74. The highest BCUT2D eigenvalue weighted by Gasteiger charge is 2.28. The minimum atomic E-state index is -0.758. The maximum atomic E-state index is 11.6. The third-order valence-electron chi connectivity index (χ3n) is 4.33. The number of rotatable bonds is 3. The summed E-state index contributed by atoms with van der Waals surface area (Å²) in [5.41, 5.74) is 9.54. The van der Waals surface area contributed by atoms with Crippen LogP contribution >= 0.6 is 0 Å². The summed E-state index contributed by atoms with van der Waals surface area (Å²) >= 11 is 0. The molecule has 4 nitrogen and oxygen atoms in total. The van der Waals surface area contributed by atoms with Gasteiger partial charge in [-0.25, -0.2) is 4.79 Å². The highest BCUT2D eigenvalue weighted by molar-refractivity contribution is 5.88. The van der Waals surface area contributed by atoms with Gasteiger partial charge in [-0.05, 0) is 37.3 Å². The molecule has 1 aromatic heterocycles. The SMILES string of the molecule is CCC(C(=O)O)n1c2c(c3ccccc31)CC(N)CC2. The Morgan fingerprint density at radius 3 is 2.95 bits per heavy atom. The zero-order valence-electron chi connectivity index (χ0n) is 11.7. The first-order valence-electron chi connectivity index (χ1n) is 7.22. The van der Waals surface area contributed by atoms with Crippen molar-refractivity contribution in [1.82, 2.24) is 4.57 Å². The first-order chi connectivity index (χ1) is 9.63. The lowest BCUT2D eigenvalue weighted by Gasteiger charge is -2.23. The number of carboxylic acid groups (broad SMARTS) is 1. The molecule has 0 spiro atoms. The summed E-state index contributed by atoms with van der Waals surface area (Å²) in [6, 6.07) is 7.78. The molecule has 0 saturated carbocycles. The molecule has 1 aliphatic carbocycles. The second-order valence-electron chi connectivity index (χ2n) is 5.58. The third kappa shape index (κ3) is 1.91. The number of benzene rings is 1. The van der Waals surface area contributed by atoms with Crippen LogP contribution < -0.4 is 5.73 Å². The van der Waals surface area contributed by atoms with E-state index in [0.29, 0.717) is 6.42 Å². The van der Waals surface area contributed by atoms with Gasteiger partial charge in [0.15, 0.2) is 0 Å². The van der Waals surface area contributed by atoms with Gasteiger partial charge in [-0.3, -0.25) is 0 Å². The van der Waals surface area contributed by atoms with Crippen molar-refractivity contribution in [2.45, 2.75) is 44.7 Å². The van der Waals surface area contributed by atoms with Crippen molar-refractivity contribution in [2.75, 3.05) is 0 Å². The number of nitrogens with two attached hydrogens (primary N) is 1. The van der Waals surface area contributed by atoms with Crippen LogP contribution in [0.15, 0.2) is 24.3 Å². The van der Waals surface area contributed by atoms with Gasteiger partial charge in [0.1, 0.15) is 6.04 Å². The molecule has 2 aromatic rings. The Kier molecular flexibility index (Phi) is 3.26. The normalized spacial score (nSPS) is 19.8. The monoisotopic (exact) mass is 272 g/mol. The van der Waals surface area contributed by atoms with Crippen molar-refractivity contribution in [3.63, 3.8) is 0 Å².